The Kier molecular flexibility index (Phi) is 6.08. The quantitative estimate of drug-likeness (QED) is 0.803. The van der Waals surface area contributed by atoms with Crippen molar-refractivity contribution >= 4 is 23.0 Å². The first-order valence-corrected chi connectivity index (χ1v) is 8.37. The van der Waals surface area contributed by atoms with Crippen molar-refractivity contribution in [2.24, 2.45) is 10.1 Å². The smallest absolute Gasteiger partial charge is 0.145 e. The molecule has 2 rings (SSSR count). The van der Waals surface area contributed by atoms with Gasteiger partial charge < -0.3 is 10.1 Å². The zero-order valence-corrected chi connectivity index (χ0v) is 13.3. The summed E-state index contributed by atoms with van der Waals surface area (Å²) in [6.45, 7) is 3.80. The first-order valence-electron chi connectivity index (χ1n) is 7.15. The Bertz CT molecular complexity index is 488. The number of hydrogen-bond acceptors (Lipinski definition) is 7. The van der Waals surface area contributed by atoms with Crippen molar-refractivity contribution in [3.05, 3.63) is 11.4 Å². The van der Waals surface area contributed by atoms with Crippen LogP contribution in [-0.4, -0.2) is 48.4 Å². The lowest BCUT2D eigenvalue weighted by Crippen LogP contribution is -2.39. The van der Waals surface area contributed by atoms with Gasteiger partial charge in [0, 0.05) is 19.4 Å². The Balaban J connectivity index is 2.13. The van der Waals surface area contributed by atoms with Crippen LogP contribution in [0.15, 0.2) is 21.5 Å². The van der Waals surface area contributed by atoms with Gasteiger partial charge in [0.25, 0.3) is 0 Å². The summed E-state index contributed by atoms with van der Waals surface area (Å²) >= 11 is 1.48. The molecule has 0 bridgehead atoms. The van der Waals surface area contributed by atoms with Gasteiger partial charge in [-0.1, -0.05) is 0 Å². The number of nitriles is 1. The minimum atomic E-state index is 0.204. The lowest BCUT2D eigenvalue weighted by atomic mass is 10.1. The summed E-state index contributed by atoms with van der Waals surface area (Å²) in [5.41, 5.74) is 0.551. The molecule has 114 valence electrons. The summed E-state index contributed by atoms with van der Waals surface area (Å²) < 4.78 is 5.73. The number of rotatable bonds is 4. The topological polar surface area (TPSA) is 73.0 Å². The van der Waals surface area contributed by atoms with Gasteiger partial charge in [0.05, 0.1) is 6.10 Å². The zero-order valence-electron chi connectivity index (χ0n) is 12.5. The normalized spacial score (nSPS) is 23.2. The van der Waals surface area contributed by atoms with Crippen LogP contribution < -0.4 is 5.32 Å². The summed E-state index contributed by atoms with van der Waals surface area (Å²) in [6.07, 6.45) is 7.23. The van der Waals surface area contributed by atoms with Gasteiger partial charge in [0.1, 0.15) is 29.2 Å². The van der Waals surface area contributed by atoms with Crippen LogP contribution in [0, 0.1) is 11.3 Å². The number of nitrogens with one attached hydrogen (secondary N) is 1. The maximum absolute atomic E-state index is 9.43. The van der Waals surface area contributed by atoms with Crippen LogP contribution in [0.5, 0.6) is 0 Å². The molecule has 6 nitrogen and oxygen atoms in total. The molecule has 0 aliphatic carbocycles. The lowest BCUT2D eigenvalue weighted by molar-refractivity contribution is 0.0171. The molecule has 0 radical (unpaired) electrons. The van der Waals surface area contributed by atoms with Crippen molar-refractivity contribution in [1.82, 2.24) is 10.3 Å². The van der Waals surface area contributed by atoms with E-state index in [1.54, 1.807) is 11.2 Å². The number of aliphatic imine (C=N–C) groups is 1. The fraction of sp³-hybridized carbons (Fsp3) is 0.643. The van der Waals surface area contributed by atoms with E-state index in [9.17, 15) is 5.26 Å². The highest BCUT2D eigenvalue weighted by Gasteiger charge is 2.24. The molecule has 0 amide bonds. The molecule has 0 aromatic rings. The third-order valence-corrected chi connectivity index (χ3v) is 4.11. The molecule has 1 fully saturated rings. The molecule has 2 heterocycles. The highest BCUT2D eigenvalue weighted by molar-refractivity contribution is 8.13. The maximum atomic E-state index is 9.43. The van der Waals surface area contributed by atoms with Crippen LogP contribution in [0.2, 0.25) is 0 Å². The standard InChI is InChI=1S/C14H21N5OS/c1-3-18-19-10-17-14(21-2)12(8-15)13(19)16-9-11-6-4-5-7-20-11/h3,11,16H,4-7,9-10H2,1-2H3/b18-3-. The van der Waals surface area contributed by atoms with Crippen molar-refractivity contribution < 1.29 is 4.74 Å². The summed E-state index contributed by atoms with van der Waals surface area (Å²) in [7, 11) is 0. The van der Waals surface area contributed by atoms with Crippen LogP contribution in [0.3, 0.4) is 0 Å². The Morgan fingerprint density at radius 1 is 1.62 bits per heavy atom. The van der Waals surface area contributed by atoms with Crippen LogP contribution in [0.1, 0.15) is 26.2 Å². The number of hydrogen-bond donors (Lipinski definition) is 1. The number of hydrazone groups is 1. The van der Waals surface area contributed by atoms with Crippen LogP contribution in [0.4, 0.5) is 0 Å². The molecule has 0 aromatic carbocycles. The average Bonchev–Trinajstić information content (AvgIpc) is 2.54. The van der Waals surface area contributed by atoms with Crippen molar-refractivity contribution in [1.29, 1.82) is 5.26 Å². The predicted octanol–water partition coefficient (Wildman–Crippen LogP) is 1.92. The third kappa shape index (κ3) is 3.99. The Hall–Kier alpha value is -1.52. The fourth-order valence-electron chi connectivity index (χ4n) is 2.37. The van der Waals surface area contributed by atoms with Gasteiger partial charge in [0.15, 0.2) is 0 Å². The zero-order chi connectivity index (χ0) is 15.1. The second-order valence-electron chi connectivity index (χ2n) is 4.79. The van der Waals surface area contributed by atoms with Gasteiger partial charge >= 0.3 is 0 Å². The van der Waals surface area contributed by atoms with Crippen molar-refractivity contribution in [2.45, 2.75) is 32.3 Å². The Labute approximate surface area is 129 Å². The minimum absolute atomic E-state index is 0.204. The van der Waals surface area contributed by atoms with E-state index in [0.29, 0.717) is 18.8 Å². The number of nitrogens with zero attached hydrogens (tertiary/aromatic N) is 4. The highest BCUT2D eigenvalue weighted by atomic mass is 32.2. The highest BCUT2D eigenvalue weighted by Crippen LogP contribution is 2.21. The molecular formula is C14H21N5OS. The first kappa shape index (κ1) is 15.9. The summed E-state index contributed by atoms with van der Waals surface area (Å²) in [5, 5.41) is 19.5. The van der Waals surface area contributed by atoms with Crippen LogP contribution in [0.25, 0.3) is 0 Å². The van der Waals surface area contributed by atoms with E-state index in [1.807, 2.05) is 13.2 Å². The van der Waals surface area contributed by atoms with Gasteiger partial charge in [-0.25, -0.2) is 5.01 Å². The molecule has 1 N–H and O–H groups in total. The van der Waals surface area contributed by atoms with Crippen LogP contribution >= 0.6 is 11.8 Å². The SMILES string of the molecule is C/C=N\N1CN=C(SC)C(C#N)=C1NCC1CCCCO1. The van der Waals surface area contributed by atoms with Crippen molar-refractivity contribution in [2.75, 3.05) is 26.1 Å². The van der Waals surface area contributed by atoms with Gasteiger partial charge in [0.2, 0.25) is 0 Å². The molecular weight excluding hydrogens is 286 g/mol. The molecule has 1 unspecified atom stereocenters. The van der Waals surface area contributed by atoms with E-state index in [-0.39, 0.29) is 6.10 Å². The summed E-state index contributed by atoms with van der Waals surface area (Å²) in [4.78, 5) is 4.39. The average molecular weight is 307 g/mol. The third-order valence-electron chi connectivity index (χ3n) is 3.39. The molecule has 0 spiro atoms. The Morgan fingerprint density at radius 3 is 3.10 bits per heavy atom. The molecule has 1 atom stereocenters. The van der Waals surface area contributed by atoms with E-state index in [2.05, 4.69) is 21.5 Å². The van der Waals surface area contributed by atoms with Gasteiger partial charge in [-0.3, -0.25) is 4.99 Å². The molecule has 21 heavy (non-hydrogen) atoms. The summed E-state index contributed by atoms with van der Waals surface area (Å²) in [5.74, 6) is 0.726. The molecule has 2 aliphatic heterocycles. The maximum Gasteiger partial charge on any atom is 0.145 e. The van der Waals surface area contributed by atoms with E-state index in [4.69, 9.17) is 4.74 Å². The summed E-state index contributed by atoms with van der Waals surface area (Å²) in [6, 6.07) is 2.24. The largest absolute Gasteiger partial charge is 0.376 e. The second-order valence-corrected chi connectivity index (χ2v) is 5.58. The lowest BCUT2D eigenvalue weighted by Gasteiger charge is -2.29. The Morgan fingerprint density at radius 2 is 2.48 bits per heavy atom. The minimum Gasteiger partial charge on any atom is -0.376 e. The number of thioether (sulfide) groups is 1. The molecule has 1 saturated heterocycles. The fourth-order valence-corrected chi connectivity index (χ4v) is 2.90. The van der Waals surface area contributed by atoms with Gasteiger partial charge in [-0.05, 0) is 32.4 Å². The second kappa shape index (κ2) is 8.05. The molecule has 0 saturated carbocycles. The van der Waals surface area contributed by atoms with Crippen molar-refractivity contribution in [3.8, 4) is 6.07 Å². The molecule has 2 aliphatic rings. The van der Waals surface area contributed by atoms with E-state index in [1.165, 1.54) is 18.2 Å². The monoisotopic (exact) mass is 307 g/mol. The predicted molar refractivity (Wildman–Crippen MR) is 86.1 cm³/mol. The number of ether oxygens (including phenoxy) is 1. The van der Waals surface area contributed by atoms with E-state index < -0.39 is 0 Å². The van der Waals surface area contributed by atoms with Gasteiger partial charge in [-0.15, -0.1) is 11.8 Å². The van der Waals surface area contributed by atoms with Gasteiger partial charge in [-0.2, -0.15) is 10.4 Å². The van der Waals surface area contributed by atoms with E-state index >= 15 is 0 Å². The van der Waals surface area contributed by atoms with Crippen molar-refractivity contribution in [3.63, 3.8) is 0 Å². The first-order chi connectivity index (χ1) is 10.3. The molecule has 7 heteroatoms. The van der Waals surface area contributed by atoms with E-state index in [0.717, 1.165) is 30.3 Å². The van der Waals surface area contributed by atoms with Crippen LogP contribution in [-0.2, 0) is 4.74 Å². The molecule has 0 aromatic heterocycles.